The van der Waals surface area contributed by atoms with Gasteiger partial charge in [0.05, 0.1) is 0 Å². The Balaban J connectivity index is 2.10. The average molecular weight is 445 g/mol. The van der Waals surface area contributed by atoms with Gasteiger partial charge in [-0.05, 0) is 36.4 Å². The summed E-state index contributed by atoms with van der Waals surface area (Å²) in [4.78, 5) is 32.9. The van der Waals surface area contributed by atoms with Gasteiger partial charge in [-0.25, -0.2) is 0 Å². The van der Waals surface area contributed by atoms with Gasteiger partial charge in [-0.1, -0.05) is 18.2 Å². The number of anilines is 1. The molecule has 1 amide bonds. The van der Waals surface area contributed by atoms with E-state index in [-0.39, 0.29) is 17.0 Å². The molecule has 0 saturated carbocycles. The minimum Gasteiger partial charge on any atom is -0.420 e. The van der Waals surface area contributed by atoms with Crippen LogP contribution in [-0.4, -0.2) is 40.1 Å². The van der Waals surface area contributed by atoms with E-state index in [9.17, 15) is 33.8 Å². The quantitative estimate of drug-likeness (QED) is 0.249. The monoisotopic (exact) mass is 444 g/mol. The third-order valence-electron chi connectivity index (χ3n) is 3.91. The third-order valence-corrected chi connectivity index (χ3v) is 3.99. The van der Waals surface area contributed by atoms with Crippen LogP contribution in [0.25, 0.3) is 0 Å². The minimum atomic E-state index is -3.92. The first-order valence-corrected chi connectivity index (χ1v) is 8.63. The molecule has 0 bridgehead atoms. The maximum atomic E-state index is 12.6. The highest BCUT2D eigenvalue weighted by Crippen LogP contribution is 2.26. The third kappa shape index (κ3) is 5.98. The standard InChI is InChI=1S/C17H15ClF2N4O6/c18-17(19,20)30-14-8-6-13(7-9-14)21-10-16(23(26)27,24(28)29)11-22-15(25)12-4-2-1-3-5-12/h1-9,21H,10-11H2,(H,22,25). The minimum absolute atomic E-state index is 0.155. The molecular weight excluding hydrogens is 430 g/mol. The van der Waals surface area contributed by atoms with Crippen LogP contribution in [0.2, 0.25) is 0 Å². The lowest BCUT2D eigenvalue weighted by Gasteiger charge is -2.19. The number of nitrogens with one attached hydrogen (secondary N) is 2. The molecule has 0 atom stereocenters. The van der Waals surface area contributed by atoms with Crippen LogP contribution in [0.3, 0.4) is 0 Å². The van der Waals surface area contributed by atoms with Crippen LogP contribution in [0.5, 0.6) is 5.75 Å². The van der Waals surface area contributed by atoms with Gasteiger partial charge in [-0.2, -0.15) is 0 Å². The van der Waals surface area contributed by atoms with E-state index in [4.69, 9.17) is 0 Å². The summed E-state index contributed by atoms with van der Waals surface area (Å²) in [7, 11) is 0. The molecule has 0 aliphatic rings. The summed E-state index contributed by atoms with van der Waals surface area (Å²) < 4.78 is 29.3. The van der Waals surface area contributed by atoms with Gasteiger partial charge in [0.1, 0.15) is 15.6 Å². The van der Waals surface area contributed by atoms with E-state index in [0.29, 0.717) is 0 Å². The first-order chi connectivity index (χ1) is 14.0. The fraction of sp³-hybridized carbons (Fsp3) is 0.235. The van der Waals surface area contributed by atoms with Gasteiger partial charge in [-0.15, -0.1) is 8.78 Å². The Hall–Kier alpha value is -3.54. The molecular formula is C17H15ClF2N4O6. The van der Waals surface area contributed by atoms with E-state index in [1.807, 2.05) is 0 Å². The zero-order valence-corrected chi connectivity index (χ0v) is 15.8. The van der Waals surface area contributed by atoms with Crippen molar-refractivity contribution in [2.24, 2.45) is 0 Å². The number of hydrogen-bond acceptors (Lipinski definition) is 7. The Kier molecular flexibility index (Phi) is 7.06. The van der Waals surface area contributed by atoms with Gasteiger partial charge >= 0.3 is 11.2 Å². The van der Waals surface area contributed by atoms with Gasteiger partial charge in [0.25, 0.3) is 5.91 Å². The maximum absolute atomic E-state index is 12.6. The SMILES string of the molecule is O=C(NCC(CNc1ccc(OC(F)(F)Cl)cc1)([N+](=O)[O-])[N+](=O)[O-])c1ccccc1. The molecule has 2 aromatic rings. The summed E-state index contributed by atoms with van der Waals surface area (Å²) in [6.45, 7) is -1.69. The number of carbonyl (C=O) groups excluding carboxylic acids is 1. The van der Waals surface area contributed by atoms with Crippen molar-refractivity contribution in [1.82, 2.24) is 5.32 Å². The molecule has 2 rings (SSSR count). The second kappa shape index (κ2) is 9.31. The van der Waals surface area contributed by atoms with Gasteiger partial charge in [0, 0.05) is 22.9 Å². The first-order valence-electron chi connectivity index (χ1n) is 8.25. The van der Waals surface area contributed by atoms with E-state index in [0.717, 1.165) is 12.1 Å². The summed E-state index contributed by atoms with van der Waals surface area (Å²) in [5.41, 5.74) is -6.36. The molecule has 2 N–H and O–H groups in total. The summed E-state index contributed by atoms with van der Waals surface area (Å²) in [6, 6.07) is 12.3. The van der Waals surface area contributed by atoms with Crippen LogP contribution in [0, 0.1) is 20.2 Å². The van der Waals surface area contributed by atoms with Crippen molar-refractivity contribution in [3.63, 3.8) is 0 Å². The molecule has 0 aliphatic carbocycles. The fourth-order valence-corrected chi connectivity index (χ4v) is 2.41. The molecule has 10 nitrogen and oxygen atoms in total. The molecule has 13 heteroatoms. The Labute approximate surface area is 173 Å². The topological polar surface area (TPSA) is 137 Å². The van der Waals surface area contributed by atoms with Crippen LogP contribution in [0.15, 0.2) is 54.6 Å². The van der Waals surface area contributed by atoms with Gasteiger partial charge in [-0.3, -0.25) is 25.0 Å². The van der Waals surface area contributed by atoms with Crippen LogP contribution >= 0.6 is 11.6 Å². The van der Waals surface area contributed by atoms with Crippen LogP contribution in [0.4, 0.5) is 14.5 Å². The molecule has 2 aromatic carbocycles. The van der Waals surface area contributed by atoms with Crippen LogP contribution in [0.1, 0.15) is 10.4 Å². The molecule has 0 heterocycles. The van der Waals surface area contributed by atoms with Crippen molar-refractivity contribution in [2.45, 2.75) is 11.2 Å². The number of ether oxygens (including phenoxy) is 1. The Morgan fingerprint density at radius 3 is 2.07 bits per heavy atom. The lowest BCUT2D eigenvalue weighted by molar-refractivity contribution is -0.789. The molecule has 0 fully saturated rings. The average Bonchev–Trinajstić information content (AvgIpc) is 2.68. The molecule has 160 valence electrons. The second-order valence-corrected chi connectivity index (χ2v) is 6.41. The first kappa shape index (κ1) is 22.7. The zero-order valence-electron chi connectivity index (χ0n) is 15.1. The molecule has 0 aliphatic heterocycles. The molecule has 0 aromatic heterocycles. The maximum Gasteiger partial charge on any atom is 0.491 e. The number of amides is 1. The number of halogens is 3. The summed E-state index contributed by atoms with van der Waals surface area (Å²) >= 11 is 4.65. The molecule has 0 saturated heterocycles. The molecule has 0 spiro atoms. The molecule has 0 radical (unpaired) electrons. The number of rotatable bonds is 10. The Bertz CT molecular complexity index is 895. The largest absolute Gasteiger partial charge is 0.491 e. The Morgan fingerprint density at radius 1 is 1.00 bits per heavy atom. The second-order valence-electron chi connectivity index (χ2n) is 5.97. The van der Waals surface area contributed by atoms with Crippen molar-refractivity contribution < 1.29 is 28.2 Å². The number of benzene rings is 2. The predicted molar refractivity (Wildman–Crippen MR) is 102 cm³/mol. The van der Waals surface area contributed by atoms with Gasteiger partial charge in [0.2, 0.25) is 0 Å². The highest BCUT2D eigenvalue weighted by Gasteiger charge is 2.56. The van der Waals surface area contributed by atoms with Crippen LogP contribution in [-0.2, 0) is 0 Å². The predicted octanol–water partition coefficient (Wildman–Crippen LogP) is 2.95. The number of hydrogen-bond donors (Lipinski definition) is 2. The number of alkyl halides is 3. The summed E-state index contributed by atoms with van der Waals surface area (Å²) in [5.74, 6) is -1.00. The number of nitro groups is 2. The summed E-state index contributed by atoms with van der Waals surface area (Å²) in [5, 5.41) is 27.7. The van der Waals surface area contributed by atoms with E-state index in [1.54, 1.807) is 18.2 Å². The van der Waals surface area contributed by atoms with E-state index in [2.05, 4.69) is 27.0 Å². The van der Waals surface area contributed by atoms with Crippen molar-refractivity contribution in [3.05, 3.63) is 80.4 Å². The Morgan fingerprint density at radius 2 is 1.57 bits per heavy atom. The van der Waals surface area contributed by atoms with Crippen LogP contribution < -0.4 is 15.4 Å². The smallest absolute Gasteiger partial charge is 0.420 e. The van der Waals surface area contributed by atoms with E-state index >= 15 is 0 Å². The normalized spacial score (nSPS) is 11.4. The van der Waals surface area contributed by atoms with E-state index < -0.39 is 40.1 Å². The van der Waals surface area contributed by atoms with Crippen molar-refractivity contribution in [2.75, 3.05) is 18.4 Å². The molecule has 0 unspecified atom stereocenters. The fourth-order valence-electron chi connectivity index (χ4n) is 2.32. The zero-order chi connectivity index (χ0) is 22.4. The lowest BCUT2D eigenvalue weighted by atomic mass is 10.1. The van der Waals surface area contributed by atoms with Crippen molar-refractivity contribution in [3.8, 4) is 5.75 Å². The highest BCUT2D eigenvalue weighted by molar-refractivity contribution is 6.20. The van der Waals surface area contributed by atoms with Gasteiger partial charge < -0.3 is 15.4 Å². The number of carbonyl (C=O) groups is 1. The van der Waals surface area contributed by atoms with E-state index in [1.165, 1.54) is 24.3 Å². The van der Waals surface area contributed by atoms with Crippen molar-refractivity contribution in [1.29, 1.82) is 0 Å². The molecule has 30 heavy (non-hydrogen) atoms. The van der Waals surface area contributed by atoms with Crippen molar-refractivity contribution >= 4 is 23.2 Å². The lowest BCUT2D eigenvalue weighted by Crippen LogP contribution is -2.58. The highest BCUT2D eigenvalue weighted by atomic mass is 35.5. The number of nitrogens with zero attached hydrogens (tertiary/aromatic N) is 2. The summed E-state index contributed by atoms with van der Waals surface area (Å²) in [6.07, 6.45) is 0. The van der Waals surface area contributed by atoms with Gasteiger partial charge in [0.15, 0.2) is 13.1 Å².